The summed E-state index contributed by atoms with van der Waals surface area (Å²) in [5.41, 5.74) is 11.8. The van der Waals surface area contributed by atoms with Gasteiger partial charge < -0.3 is 4.74 Å². The molecule has 0 saturated heterocycles. The maximum atomic E-state index is 6.64. The van der Waals surface area contributed by atoms with Gasteiger partial charge in [-0.3, -0.25) is 0 Å². The van der Waals surface area contributed by atoms with Crippen LogP contribution >= 0.6 is 0 Å². The van der Waals surface area contributed by atoms with E-state index in [1.54, 1.807) is 0 Å². The molecule has 0 bridgehead atoms. The number of benzene rings is 5. The van der Waals surface area contributed by atoms with Gasteiger partial charge in [-0.25, -0.2) is 9.97 Å². The zero-order valence-corrected chi connectivity index (χ0v) is 24.1. The van der Waals surface area contributed by atoms with Gasteiger partial charge in [0, 0.05) is 22.3 Å². The van der Waals surface area contributed by atoms with Crippen molar-refractivity contribution in [1.82, 2.24) is 9.97 Å². The highest BCUT2D eigenvalue weighted by molar-refractivity contribution is 5.89. The predicted octanol–water partition coefficient (Wildman–Crippen LogP) is 10.0. The van der Waals surface area contributed by atoms with Crippen LogP contribution in [0, 0.1) is 0 Å². The average molecular weight is 565 g/mol. The van der Waals surface area contributed by atoms with E-state index < -0.39 is 5.41 Å². The number of rotatable bonds is 3. The molecule has 5 aromatic carbocycles. The molecule has 0 saturated carbocycles. The van der Waals surface area contributed by atoms with Gasteiger partial charge in [-0.15, -0.1) is 0 Å². The normalized spacial score (nSPS) is 15.0. The average Bonchev–Trinajstić information content (AvgIpc) is 3.40. The van der Waals surface area contributed by atoms with Crippen LogP contribution in [0.15, 0.2) is 146 Å². The largest absolute Gasteiger partial charge is 0.457 e. The molecule has 1 spiro atoms. The first-order valence-corrected chi connectivity index (χ1v) is 15.2. The van der Waals surface area contributed by atoms with Crippen LogP contribution in [0.3, 0.4) is 0 Å². The number of allylic oxidation sites excluding steroid dienone is 4. The molecule has 0 radical (unpaired) electrons. The zero-order chi connectivity index (χ0) is 29.1. The third kappa shape index (κ3) is 3.62. The Hall–Kier alpha value is -5.54. The number of hydrogen-bond acceptors (Lipinski definition) is 3. The summed E-state index contributed by atoms with van der Waals surface area (Å²) in [5, 5.41) is 0. The van der Waals surface area contributed by atoms with Crippen LogP contribution in [0.1, 0.15) is 40.8 Å². The highest BCUT2D eigenvalue weighted by atomic mass is 16.5. The molecule has 6 aromatic rings. The monoisotopic (exact) mass is 564 g/mol. The molecule has 2 heterocycles. The number of nitrogens with zero attached hydrogens (tertiary/aromatic N) is 2. The summed E-state index contributed by atoms with van der Waals surface area (Å²) in [7, 11) is 0. The fourth-order valence-corrected chi connectivity index (χ4v) is 7.28. The van der Waals surface area contributed by atoms with Crippen LogP contribution in [-0.4, -0.2) is 9.97 Å². The number of ether oxygens (including phenoxy) is 1. The minimum absolute atomic E-state index is 0.526. The molecule has 9 rings (SSSR count). The molecule has 3 heteroatoms. The van der Waals surface area contributed by atoms with Gasteiger partial charge in [0.2, 0.25) is 0 Å². The van der Waals surface area contributed by atoms with Crippen LogP contribution in [0.5, 0.6) is 11.5 Å². The summed E-state index contributed by atoms with van der Waals surface area (Å²) in [5.74, 6) is 2.45. The van der Waals surface area contributed by atoms with E-state index in [0.717, 1.165) is 63.6 Å². The molecule has 1 aromatic heterocycles. The van der Waals surface area contributed by atoms with E-state index >= 15 is 0 Å². The molecule has 3 aliphatic rings. The van der Waals surface area contributed by atoms with E-state index in [-0.39, 0.29) is 0 Å². The molecule has 0 unspecified atom stereocenters. The molecule has 2 aliphatic carbocycles. The fourth-order valence-electron chi connectivity index (χ4n) is 7.28. The highest BCUT2D eigenvalue weighted by Gasteiger charge is 2.51. The lowest BCUT2D eigenvalue weighted by molar-refractivity contribution is 0.436. The molecule has 0 N–H and O–H groups in total. The van der Waals surface area contributed by atoms with Crippen LogP contribution in [-0.2, 0) is 5.41 Å². The van der Waals surface area contributed by atoms with Crippen molar-refractivity contribution in [2.75, 3.05) is 0 Å². The maximum Gasteiger partial charge on any atom is 0.160 e. The molecule has 0 atom stereocenters. The third-order valence-corrected chi connectivity index (χ3v) is 9.19. The van der Waals surface area contributed by atoms with Crippen molar-refractivity contribution >= 4 is 5.57 Å². The number of fused-ring (bicyclic) bond motifs is 9. The van der Waals surface area contributed by atoms with Gasteiger partial charge in [-0.05, 0) is 71.0 Å². The molecule has 1 aliphatic heterocycles. The Morgan fingerprint density at radius 1 is 0.523 bits per heavy atom. The number of para-hydroxylation sites is 1. The van der Waals surface area contributed by atoms with Crippen molar-refractivity contribution in [3.63, 3.8) is 0 Å². The summed E-state index contributed by atoms with van der Waals surface area (Å²) >= 11 is 0. The van der Waals surface area contributed by atoms with Crippen LogP contribution < -0.4 is 4.74 Å². The molecule has 44 heavy (non-hydrogen) atoms. The lowest BCUT2D eigenvalue weighted by Gasteiger charge is -2.39. The lowest BCUT2D eigenvalue weighted by atomic mass is 9.66. The second-order valence-electron chi connectivity index (χ2n) is 11.6. The van der Waals surface area contributed by atoms with Gasteiger partial charge in [0.1, 0.15) is 11.5 Å². The Kier molecular flexibility index (Phi) is 5.54. The minimum atomic E-state index is -0.526. The summed E-state index contributed by atoms with van der Waals surface area (Å²) < 4.78 is 6.64. The quantitative estimate of drug-likeness (QED) is 0.214. The van der Waals surface area contributed by atoms with Crippen molar-refractivity contribution < 1.29 is 4.74 Å². The topological polar surface area (TPSA) is 35.0 Å². The van der Waals surface area contributed by atoms with Gasteiger partial charge >= 0.3 is 0 Å². The van der Waals surface area contributed by atoms with Crippen molar-refractivity contribution in [3.8, 4) is 45.3 Å². The first-order valence-electron chi connectivity index (χ1n) is 15.2. The molecule has 208 valence electrons. The number of hydrogen-bond donors (Lipinski definition) is 0. The molecule has 3 nitrogen and oxygen atoms in total. The van der Waals surface area contributed by atoms with E-state index in [1.807, 2.05) is 6.07 Å². The lowest BCUT2D eigenvalue weighted by Crippen LogP contribution is -2.32. The smallest absolute Gasteiger partial charge is 0.160 e. The van der Waals surface area contributed by atoms with Crippen LogP contribution in [0.25, 0.3) is 39.3 Å². The Morgan fingerprint density at radius 3 is 1.93 bits per heavy atom. The highest BCUT2D eigenvalue weighted by Crippen LogP contribution is 2.62. The Balaban J connectivity index is 1.32. The van der Waals surface area contributed by atoms with Gasteiger partial charge in [-0.1, -0.05) is 115 Å². The second kappa shape index (κ2) is 9.75. The molecular formula is C41H28N2O. The second-order valence-corrected chi connectivity index (χ2v) is 11.6. The predicted molar refractivity (Wildman–Crippen MR) is 177 cm³/mol. The van der Waals surface area contributed by atoms with Crippen molar-refractivity contribution in [3.05, 3.63) is 174 Å². The first-order chi connectivity index (χ1) is 21.8. The van der Waals surface area contributed by atoms with E-state index in [0.29, 0.717) is 5.82 Å². The van der Waals surface area contributed by atoms with Crippen molar-refractivity contribution in [2.45, 2.75) is 18.3 Å². The summed E-state index contributed by atoms with van der Waals surface area (Å²) in [6, 6.07) is 45.1. The van der Waals surface area contributed by atoms with Crippen LogP contribution in [0.4, 0.5) is 0 Å². The third-order valence-electron chi connectivity index (χ3n) is 9.19. The first kappa shape index (κ1) is 25.0. The summed E-state index contributed by atoms with van der Waals surface area (Å²) in [6.45, 7) is 0. The summed E-state index contributed by atoms with van der Waals surface area (Å²) in [4.78, 5) is 10.3. The standard InChI is InChI=1S/C41H28N2O/c1-3-13-27(14-4-1)36-26-37(28-15-5-2-6-16-28)43-40(42-36)29-23-24-39-35(25-29)41(34-21-11-12-22-38(34)44-39)32-19-9-7-17-30(32)31-18-8-10-20-33(31)41/h1,3-5,7-26H,2,6H2. The molecule has 0 fully saturated rings. The van der Waals surface area contributed by atoms with Gasteiger partial charge in [0.25, 0.3) is 0 Å². The van der Waals surface area contributed by atoms with Crippen molar-refractivity contribution in [1.29, 1.82) is 0 Å². The molecular weight excluding hydrogens is 536 g/mol. The van der Waals surface area contributed by atoms with E-state index in [4.69, 9.17) is 14.7 Å². The number of aromatic nitrogens is 2. The Labute approximate surface area is 256 Å². The Morgan fingerprint density at radius 2 is 1.18 bits per heavy atom. The van der Waals surface area contributed by atoms with Gasteiger partial charge in [0.15, 0.2) is 5.82 Å². The summed E-state index contributed by atoms with van der Waals surface area (Å²) in [6.07, 6.45) is 8.77. The van der Waals surface area contributed by atoms with Gasteiger partial charge in [0.05, 0.1) is 16.8 Å². The van der Waals surface area contributed by atoms with Crippen LogP contribution in [0.2, 0.25) is 0 Å². The van der Waals surface area contributed by atoms with E-state index in [1.165, 1.54) is 22.3 Å². The van der Waals surface area contributed by atoms with E-state index in [2.05, 4.69) is 140 Å². The zero-order valence-electron chi connectivity index (χ0n) is 24.1. The molecule has 0 amide bonds. The minimum Gasteiger partial charge on any atom is -0.457 e. The fraction of sp³-hybridized carbons (Fsp3) is 0.0732. The maximum absolute atomic E-state index is 6.64. The SMILES string of the molecule is C1=CC(c2cc(-c3ccccc3)nc(-c3ccc4c(c3)C3(c5ccccc5O4)c4ccccc4-c4ccccc43)n2)=CCC1. The van der Waals surface area contributed by atoms with E-state index in [9.17, 15) is 0 Å². The Bertz CT molecular complexity index is 2110. The van der Waals surface area contributed by atoms with Crippen molar-refractivity contribution in [2.24, 2.45) is 0 Å². The van der Waals surface area contributed by atoms with Gasteiger partial charge in [-0.2, -0.15) is 0 Å².